The topological polar surface area (TPSA) is 68.3 Å². The molecular weight excluding hydrogens is 673 g/mol. The summed E-state index contributed by atoms with van der Waals surface area (Å²) in [6.07, 6.45) is 15.2. The molecule has 4 aromatic rings. The molecule has 3 aliphatic rings. The average molecular weight is 729 g/mol. The van der Waals surface area contributed by atoms with Gasteiger partial charge in [0, 0.05) is 55.2 Å². The van der Waals surface area contributed by atoms with Crippen LogP contribution in [0, 0.1) is 6.92 Å². The molecule has 0 bridgehead atoms. The van der Waals surface area contributed by atoms with Crippen LogP contribution in [0.4, 0.5) is 5.69 Å². The molecule has 0 amide bonds. The van der Waals surface area contributed by atoms with Gasteiger partial charge in [0.2, 0.25) is 0 Å². The van der Waals surface area contributed by atoms with Crippen LogP contribution in [0.25, 0.3) is 11.3 Å². The molecule has 0 radical (unpaired) electrons. The third kappa shape index (κ3) is 8.39. The number of rotatable bonds is 15. The molecular formula is C46H56N4O4. The van der Waals surface area contributed by atoms with E-state index in [2.05, 4.69) is 102 Å². The zero-order valence-corrected chi connectivity index (χ0v) is 32.9. The summed E-state index contributed by atoms with van der Waals surface area (Å²) in [4.78, 5) is 10.0. The van der Waals surface area contributed by atoms with Crippen LogP contribution in [0.1, 0.15) is 78.8 Å². The minimum Gasteiger partial charge on any atom is -0.493 e. The standard InChI is InChI=1S/C46H56N4O4/c1-7-8-35-25-36(27-43(51-3)45(35)53-5)41-24-33(16-20-47-41)30-50(38-13-9-31(2)10-14-38)39-17-21-49(22-18-39)29-32-15-19-48-42(23-32)37-26-40(34-11-12-34)46(54-6)44(28-37)52-4/h9-10,13-16,19-20,23-28,34,39,42,48H,7-8,11-12,17-18,21-22,29-30H2,1-6H3. The molecule has 8 heteroatoms. The third-order valence-corrected chi connectivity index (χ3v) is 11.2. The Morgan fingerprint density at radius 2 is 1.57 bits per heavy atom. The van der Waals surface area contributed by atoms with E-state index in [1.54, 1.807) is 28.4 Å². The Bertz CT molecular complexity index is 1960. The maximum Gasteiger partial charge on any atom is 0.164 e. The number of nitrogens with one attached hydrogen (secondary N) is 1. The molecule has 2 fully saturated rings. The van der Waals surface area contributed by atoms with Crippen molar-refractivity contribution in [3.8, 4) is 34.3 Å². The van der Waals surface area contributed by atoms with Crippen molar-refractivity contribution in [1.82, 2.24) is 15.2 Å². The predicted octanol–water partition coefficient (Wildman–Crippen LogP) is 9.18. The number of nitrogens with zero attached hydrogens (tertiary/aromatic N) is 3. The summed E-state index contributed by atoms with van der Waals surface area (Å²) in [5.74, 6) is 3.81. The van der Waals surface area contributed by atoms with Crippen molar-refractivity contribution in [2.24, 2.45) is 0 Å². The van der Waals surface area contributed by atoms with Crippen LogP contribution in [0.15, 0.2) is 90.8 Å². The number of aryl methyl sites for hydroxylation is 2. The summed E-state index contributed by atoms with van der Waals surface area (Å²) >= 11 is 0. The molecule has 284 valence electrons. The van der Waals surface area contributed by atoms with Gasteiger partial charge in [-0.05, 0) is 128 Å². The molecule has 3 aromatic carbocycles. The van der Waals surface area contributed by atoms with E-state index in [4.69, 9.17) is 23.9 Å². The molecule has 7 rings (SSSR count). The van der Waals surface area contributed by atoms with Gasteiger partial charge in [0.25, 0.3) is 0 Å². The molecule has 0 spiro atoms. The number of hydrogen-bond donors (Lipinski definition) is 1. The Hall–Kier alpha value is -4.95. The number of benzene rings is 3. The first-order chi connectivity index (χ1) is 26.4. The predicted molar refractivity (Wildman–Crippen MR) is 218 cm³/mol. The lowest BCUT2D eigenvalue weighted by molar-refractivity contribution is 0.224. The molecule has 1 aliphatic carbocycles. The summed E-state index contributed by atoms with van der Waals surface area (Å²) in [6.45, 7) is 8.19. The molecule has 1 saturated heterocycles. The summed E-state index contributed by atoms with van der Waals surface area (Å²) in [6, 6.07) is 22.6. The van der Waals surface area contributed by atoms with Crippen LogP contribution in [0.3, 0.4) is 0 Å². The van der Waals surface area contributed by atoms with Crippen molar-refractivity contribution < 1.29 is 18.9 Å². The van der Waals surface area contributed by atoms with Crippen LogP contribution in [-0.2, 0) is 13.0 Å². The largest absolute Gasteiger partial charge is 0.493 e. The fourth-order valence-corrected chi connectivity index (χ4v) is 8.16. The highest BCUT2D eigenvalue weighted by Crippen LogP contribution is 2.49. The minimum atomic E-state index is 0.0966. The highest BCUT2D eigenvalue weighted by atomic mass is 16.5. The number of anilines is 1. The Kier molecular flexibility index (Phi) is 11.8. The maximum absolute atomic E-state index is 5.78. The molecule has 8 nitrogen and oxygen atoms in total. The van der Waals surface area contributed by atoms with Crippen molar-refractivity contribution in [1.29, 1.82) is 0 Å². The van der Waals surface area contributed by atoms with Crippen molar-refractivity contribution in [2.45, 2.75) is 76.9 Å². The number of aromatic nitrogens is 1. The van der Waals surface area contributed by atoms with E-state index in [9.17, 15) is 0 Å². The lowest BCUT2D eigenvalue weighted by atomic mass is 9.96. The molecule has 54 heavy (non-hydrogen) atoms. The second kappa shape index (κ2) is 17.0. The Morgan fingerprint density at radius 1 is 0.833 bits per heavy atom. The number of ether oxygens (including phenoxy) is 4. The van der Waals surface area contributed by atoms with Gasteiger partial charge >= 0.3 is 0 Å². The van der Waals surface area contributed by atoms with Crippen molar-refractivity contribution in [3.05, 3.63) is 119 Å². The number of methoxy groups -OCH3 is 4. The maximum atomic E-state index is 5.78. The van der Waals surface area contributed by atoms with Crippen molar-refractivity contribution >= 4 is 5.69 Å². The number of dihydropyridines is 1. The summed E-state index contributed by atoms with van der Waals surface area (Å²) in [7, 11) is 6.88. The second-order valence-electron chi connectivity index (χ2n) is 15.0. The number of pyridine rings is 1. The third-order valence-electron chi connectivity index (χ3n) is 11.2. The van der Waals surface area contributed by atoms with Crippen LogP contribution < -0.4 is 29.2 Å². The molecule has 1 unspecified atom stereocenters. The van der Waals surface area contributed by atoms with E-state index in [0.29, 0.717) is 12.0 Å². The summed E-state index contributed by atoms with van der Waals surface area (Å²) < 4.78 is 23.1. The van der Waals surface area contributed by atoms with Gasteiger partial charge < -0.3 is 29.2 Å². The van der Waals surface area contributed by atoms with Gasteiger partial charge in [-0.3, -0.25) is 9.88 Å². The minimum absolute atomic E-state index is 0.0966. The Labute approximate surface area is 321 Å². The smallest absolute Gasteiger partial charge is 0.164 e. The molecule has 3 heterocycles. The molecule has 1 atom stereocenters. The fourth-order valence-electron chi connectivity index (χ4n) is 8.16. The number of hydrogen-bond acceptors (Lipinski definition) is 8. The SMILES string of the molecule is CCCc1cc(-c2cc(CN(c3ccc(C)cc3)C3CCN(CC4=CC(c5cc(OC)c(OC)c(C6CC6)c5)NC=C4)CC3)ccn2)cc(OC)c1OC. The Balaban J connectivity index is 1.06. The first-order valence-corrected chi connectivity index (χ1v) is 19.6. The highest BCUT2D eigenvalue weighted by molar-refractivity contribution is 5.67. The van der Waals surface area contributed by atoms with E-state index >= 15 is 0 Å². The van der Waals surface area contributed by atoms with E-state index in [1.807, 2.05) is 12.3 Å². The van der Waals surface area contributed by atoms with Crippen molar-refractivity contribution in [3.63, 3.8) is 0 Å². The molecule has 1 saturated carbocycles. The van der Waals surface area contributed by atoms with Crippen LogP contribution in [0.5, 0.6) is 23.0 Å². The molecule has 1 N–H and O–H groups in total. The first kappa shape index (κ1) is 37.4. The monoisotopic (exact) mass is 728 g/mol. The number of likely N-dealkylation sites (tertiary alicyclic amines) is 1. The van der Waals surface area contributed by atoms with E-state index in [-0.39, 0.29) is 6.04 Å². The second-order valence-corrected chi connectivity index (χ2v) is 15.0. The van der Waals surface area contributed by atoms with Crippen molar-refractivity contribution in [2.75, 3.05) is 53.0 Å². The van der Waals surface area contributed by atoms with Gasteiger partial charge in [-0.15, -0.1) is 0 Å². The fraction of sp³-hybridized carbons (Fsp3) is 0.413. The van der Waals surface area contributed by atoms with Crippen LogP contribution in [0.2, 0.25) is 0 Å². The lowest BCUT2D eigenvalue weighted by Crippen LogP contribution is -2.45. The van der Waals surface area contributed by atoms with E-state index in [0.717, 1.165) is 91.7 Å². The van der Waals surface area contributed by atoms with Gasteiger partial charge in [-0.25, -0.2) is 0 Å². The average Bonchev–Trinajstić information content (AvgIpc) is 4.06. The van der Waals surface area contributed by atoms with E-state index < -0.39 is 0 Å². The highest BCUT2D eigenvalue weighted by Gasteiger charge is 2.31. The Morgan fingerprint density at radius 3 is 2.26 bits per heavy atom. The number of piperidine rings is 1. The quantitative estimate of drug-likeness (QED) is 0.130. The summed E-state index contributed by atoms with van der Waals surface area (Å²) in [5.41, 5.74) is 10.7. The zero-order chi connectivity index (χ0) is 37.6. The zero-order valence-electron chi connectivity index (χ0n) is 32.9. The van der Waals surface area contributed by atoms with E-state index in [1.165, 1.54) is 46.4 Å². The van der Waals surface area contributed by atoms with Gasteiger partial charge in [0.15, 0.2) is 23.0 Å². The van der Waals surface area contributed by atoms with Gasteiger partial charge in [0.1, 0.15) is 0 Å². The lowest BCUT2D eigenvalue weighted by Gasteiger charge is -2.40. The normalized spacial score (nSPS) is 17.4. The van der Waals surface area contributed by atoms with Crippen LogP contribution in [-0.4, -0.2) is 64.0 Å². The summed E-state index contributed by atoms with van der Waals surface area (Å²) in [5, 5.41) is 3.58. The molecule has 2 aliphatic heterocycles. The van der Waals surface area contributed by atoms with Gasteiger partial charge in [-0.2, -0.15) is 0 Å². The van der Waals surface area contributed by atoms with Gasteiger partial charge in [-0.1, -0.05) is 37.1 Å². The molecule has 1 aromatic heterocycles. The first-order valence-electron chi connectivity index (χ1n) is 19.6. The van der Waals surface area contributed by atoms with Crippen LogP contribution >= 0.6 is 0 Å². The van der Waals surface area contributed by atoms with Gasteiger partial charge in [0.05, 0.1) is 40.2 Å².